The summed E-state index contributed by atoms with van der Waals surface area (Å²) in [6, 6.07) is 4.55. The first-order valence-electron chi connectivity index (χ1n) is 8.21. The van der Waals surface area contributed by atoms with Gasteiger partial charge in [0.2, 0.25) is 5.91 Å². The number of piperidine rings is 1. The summed E-state index contributed by atoms with van der Waals surface area (Å²) in [5, 5.41) is 3.18. The molecule has 3 atom stereocenters. The molecule has 0 aromatic carbocycles. The molecule has 2 fully saturated rings. The molecule has 2 aliphatic rings. The van der Waals surface area contributed by atoms with Crippen molar-refractivity contribution in [3.63, 3.8) is 0 Å². The van der Waals surface area contributed by atoms with Crippen LogP contribution in [0.3, 0.4) is 0 Å². The largest absolute Gasteiger partial charge is 0.354 e. The molecule has 1 N–H and O–H groups in total. The molecule has 1 aromatic heterocycles. The second-order valence-corrected chi connectivity index (χ2v) is 6.26. The van der Waals surface area contributed by atoms with Crippen LogP contribution in [0.15, 0.2) is 24.5 Å². The zero-order chi connectivity index (χ0) is 14.7. The van der Waals surface area contributed by atoms with Gasteiger partial charge in [0.25, 0.3) is 0 Å². The molecule has 21 heavy (non-hydrogen) atoms. The third kappa shape index (κ3) is 3.43. The molecule has 0 radical (unpaired) electrons. The molecule has 1 saturated heterocycles. The van der Waals surface area contributed by atoms with Crippen LogP contribution in [0.1, 0.15) is 44.1 Å². The molecule has 0 spiro atoms. The average molecular weight is 287 g/mol. The quantitative estimate of drug-likeness (QED) is 0.903. The first kappa shape index (κ1) is 14.5. The number of likely N-dealkylation sites (tertiary alicyclic amines) is 1. The van der Waals surface area contributed by atoms with Crippen molar-refractivity contribution >= 4 is 5.91 Å². The van der Waals surface area contributed by atoms with Gasteiger partial charge in [0.15, 0.2) is 0 Å². The summed E-state index contributed by atoms with van der Waals surface area (Å²) in [6.07, 6.45) is 8.44. The van der Waals surface area contributed by atoms with Gasteiger partial charge in [-0.3, -0.25) is 14.7 Å². The van der Waals surface area contributed by atoms with E-state index in [9.17, 15) is 4.79 Å². The average Bonchev–Trinajstić information content (AvgIpc) is 3.34. The third-order valence-corrected chi connectivity index (χ3v) is 4.91. The van der Waals surface area contributed by atoms with E-state index in [1.807, 2.05) is 12.3 Å². The van der Waals surface area contributed by atoms with Gasteiger partial charge in [0, 0.05) is 30.9 Å². The van der Waals surface area contributed by atoms with Crippen molar-refractivity contribution in [2.75, 3.05) is 19.6 Å². The lowest BCUT2D eigenvalue weighted by Gasteiger charge is -2.34. The molecular formula is C17H25N3O. The zero-order valence-corrected chi connectivity index (χ0v) is 12.8. The Morgan fingerprint density at radius 1 is 1.48 bits per heavy atom. The van der Waals surface area contributed by atoms with Crippen molar-refractivity contribution < 1.29 is 4.79 Å². The standard InChI is InChI=1S/C17H25N3O/c1-2-20-9-4-3-7-14(20)12-19-17(21)16-10-15(16)13-6-5-8-18-11-13/h5-6,8,11,14-16H,2-4,7,9-10,12H2,1H3,(H,19,21)/t14-,15+,16+/m1/s1. The van der Waals surface area contributed by atoms with Gasteiger partial charge in [-0.1, -0.05) is 19.4 Å². The summed E-state index contributed by atoms with van der Waals surface area (Å²) < 4.78 is 0. The third-order valence-electron chi connectivity index (χ3n) is 4.91. The highest BCUT2D eigenvalue weighted by Crippen LogP contribution is 2.47. The Labute approximate surface area is 126 Å². The van der Waals surface area contributed by atoms with Crippen LogP contribution in [-0.2, 0) is 4.79 Å². The minimum atomic E-state index is 0.160. The highest BCUT2D eigenvalue weighted by Gasteiger charge is 2.44. The fourth-order valence-electron chi connectivity index (χ4n) is 3.51. The van der Waals surface area contributed by atoms with Gasteiger partial charge >= 0.3 is 0 Å². The highest BCUT2D eigenvalue weighted by molar-refractivity contribution is 5.82. The molecule has 1 amide bonds. The molecule has 1 aliphatic carbocycles. The second-order valence-electron chi connectivity index (χ2n) is 6.26. The molecule has 4 nitrogen and oxygen atoms in total. The molecule has 0 unspecified atom stereocenters. The molecular weight excluding hydrogens is 262 g/mol. The van der Waals surface area contributed by atoms with E-state index in [1.165, 1.54) is 31.4 Å². The Balaban J connectivity index is 1.47. The Morgan fingerprint density at radius 2 is 2.38 bits per heavy atom. The summed E-state index contributed by atoms with van der Waals surface area (Å²) in [5.74, 6) is 0.769. The van der Waals surface area contributed by atoms with Gasteiger partial charge in [-0.25, -0.2) is 0 Å². The second kappa shape index (κ2) is 6.56. The summed E-state index contributed by atoms with van der Waals surface area (Å²) in [6.45, 7) is 5.28. The molecule has 1 aliphatic heterocycles. The van der Waals surface area contributed by atoms with Gasteiger partial charge in [-0.05, 0) is 49.9 Å². The number of likely N-dealkylation sites (N-methyl/N-ethyl adjacent to an activating group) is 1. The van der Waals surface area contributed by atoms with E-state index in [-0.39, 0.29) is 11.8 Å². The normalized spacial score (nSPS) is 29.1. The molecule has 1 saturated carbocycles. The predicted octanol–water partition coefficient (Wildman–Crippen LogP) is 2.18. The number of pyridine rings is 1. The van der Waals surface area contributed by atoms with Crippen LogP contribution in [-0.4, -0.2) is 41.5 Å². The number of carbonyl (C=O) groups is 1. The lowest BCUT2D eigenvalue weighted by atomic mass is 10.0. The number of carbonyl (C=O) groups excluding carboxylic acids is 1. The lowest BCUT2D eigenvalue weighted by molar-refractivity contribution is -0.122. The van der Waals surface area contributed by atoms with Crippen LogP contribution in [0, 0.1) is 5.92 Å². The van der Waals surface area contributed by atoms with Crippen molar-refractivity contribution in [1.82, 2.24) is 15.2 Å². The fraction of sp³-hybridized carbons (Fsp3) is 0.647. The number of hydrogen-bond acceptors (Lipinski definition) is 3. The van der Waals surface area contributed by atoms with E-state index < -0.39 is 0 Å². The molecule has 0 bridgehead atoms. The Hall–Kier alpha value is -1.42. The minimum Gasteiger partial charge on any atom is -0.354 e. The van der Waals surface area contributed by atoms with Crippen molar-refractivity contribution in [3.05, 3.63) is 30.1 Å². The number of aromatic nitrogens is 1. The summed E-state index contributed by atoms with van der Waals surface area (Å²) in [7, 11) is 0. The van der Waals surface area contributed by atoms with E-state index in [4.69, 9.17) is 0 Å². The van der Waals surface area contributed by atoms with Gasteiger partial charge in [0.05, 0.1) is 0 Å². The topological polar surface area (TPSA) is 45.2 Å². The maximum atomic E-state index is 12.3. The minimum absolute atomic E-state index is 0.160. The number of amides is 1. The molecule has 2 heterocycles. The first-order chi connectivity index (χ1) is 10.3. The maximum Gasteiger partial charge on any atom is 0.223 e. The number of hydrogen-bond donors (Lipinski definition) is 1. The number of nitrogens with one attached hydrogen (secondary N) is 1. The van der Waals surface area contributed by atoms with E-state index >= 15 is 0 Å². The van der Waals surface area contributed by atoms with E-state index in [1.54, 1.807) is 6.20 Å². The number of nitrogens with zero attached hydrogens (tertiary/aromatic N) is 2. The predicted molar refractivity (Wildman–Crippen MR) is 83.0 cm³/mol. The van der Waals surface area contributed by atoms with Crippen molar-refractivity contribution in [3.8, 4) is 0 Å². The molecule has 3 rings (SSSR count). The van der Waals surface area contributed by atoms with Crippen LogP contribution in [0.4, 0.5) is 0 Å². The number of rotatable bonds is 5. The van der Waals surface area contributed by atoms with E-state index in [0.717, 1.165) is 19.5 Å². The Bertz CT molecular complexity index is 476. The SMILES string of the molecule is CCN1CCCC[C@@H]1CNC(=O)[C@H]1C[C@H]1c1cccnc1. The Morgan fingerprint density at radius 3 is 3.14 bits per heavy atom. The smallest absolute Gasteiger partial charge is 0.223 e. The van der Waals surface area contributed by atoms with Gasteiger partial charge in [-0.2, -0.15) is 0 Å². The first-order valence-corrected chi connectivity index (χ1v) is 8.21. The monoisotopic (exact) mass is 287 g/mol. The van der Waals surface area contributed by atoms with Crippen LogP contribution in [0.25, 0.3) is 0 Å². The molecule has 114 valence electrons. The lowest BCUT2D eigenvalue weighted by Crippen LogP contribution is -2.46. The van der Waals surface area contributed by atoms with Gasteiger partial charge in [0.1, 0.15) is 0 Å². The van der Waals surface area contributed by atoms with E-state index in [2.05, 4.69) is 28.2 Å². The van der Waals surface area contributed by atoms with Crippen LogP contribution < -0.4 is 5.32 Å². The summed E-state index contributed by atoms with van der Waals surface area (Å²) in [4.78, 5) is 18.9. The summed E-state index contributed by atoms with van der Waals surface area (Å²) in [5.41, 5.74) is 1.20. The van der Waals surface area contributed by atoms with Gasteiger partial charge in [-0.15, -0.1) is 0 Å². The van der Waals surface area contributed by atoms with Crippen LogP contribution >= 0.6 is 0 Å². The molecule has 4 heteroatoms. The van der Waals surface area contributed by atoms with Crippen LogP contribution in [0.2, 0.25) is 0 Å². The van der Waals surface area contributed by atoms with Crippen molar-refractivity contribution in [2.24, 2.45) is 5.92 Å². The van der Waals surface area contributed by atoms with Gasteiger partial charge < -0.3 is 5.32 Å². The maximum absolute atomic E-state index is 12.3. The summed E-state index contributed by atoms with van der Waals surface area (Å²) >= 11 is 0. The fourth-order valence-corrected chi connectivity index (χ4v) is 3.51. The van der Waals surface area contributed by atoms with Crippen molar-refractivity contribution in [2.45, 2.75) is 44.6 Å². The highest BCUT2D eigenvalue weighted by atomic mass is 16.2. The Kier molecular flexibility index (Phi) is 4.54. The van der Waals surface area contributed by atoms with Crippen LogP contribution in [0.5, 0.6) is 0 Å². The zero-order valence-electron chi connectivity index (χ0n) is 12.8. The van der Waals surface area contributed by atoms with E-state index in [0.29, 0.717) is 12.0 Å². The van der Waals surface area contributed by atoms with Crippen molar-refractivity contribution in [1.29, 1.82) is 0 Å². The molecule has 1 aromatic rings.